The standard InChI is InChI=1S/C18H23F3N2O3/c1-17(2,3)16(25)23-10-8-12(9-11-23)15(24)22-13-6-4-5-7-14(13)26-18(19,20)21/h4-7,12H,8-11H2,1-3H3,(H,22,24). The molecule has 0 unspecified atom stereocenters. The lowest BCUT2D eigenvalue weighted by Crippen LogP contribution is -2.45. The van der Waals surface area contributed by atoms with Gasteiger partial charge >= 0.3 is 6.36 Å². The van der Waals surface area contributed by atoms with E-state index in [2.05, 4.69) is 10.1 Å². The average Bonchev–Trinajstić information content (AvgIpc) is 2.54. The van der Waals surface area contributed by atoms with E-state index >= 15 is 0 Å². The smallest absolute Gasteiger partial charge is 0.404 e. The fourth-order valence-corrected chi connectivity index (χ4v) is 2.84. The third kappa shape index (κ3) is 5.37. The molecule has 1 aromatic carbocycles. The Morgan fingerprint density at radius 1 is 1.12 bits per heavy atom. The number of benzene rings is 1. The van der Waals surface area contributed by atoms with E-state index in [1.54, 1.807) is 4.90 Å². The van der Waals surface area contributed by atoms with Gasteiger partial charge in [0, 0.05) is 24.4 Å². The Kier molecular flexibility index (Phi) is 5.83. The Bertz CT molecular complexity index is 660. The zero-order chi connectivity index (χ0) is 19.5. The van der Waals surface area contributed by atoms with E-state index in [-0.39, 0.29) is 23.4 Å². The quantitative estimate of drug-likeness (QED) is 0.878. The van der Waals surface area contributed by atoms with Crippen LogP contribution in [0.5, 0.6) is 5.75 Å². The first kappa shape index (κ1) is 20.1. The molecule has 0 bridgehead atoms. The Balaban J connectivity index is 1.97. The highest BCUT2D eigenvalue weighted by atomic mass is 19.4. The van der Waals surface area contributed by atoms with Crippen LogP contribution in [0.15, 0.2) is 24.3 Å². The first-order valence-corrected chi connectivity index (χ1v) is 8.42. The predicted molar refractivity (Wildman–Crippen MR) is 90.5 cm³/mol. The molecule has 0 aromatic heterocycles. The third-order valence-corrected chi connectivity index (χ3v) is 4.17. The number of ether oxygens (including phenoxy) is 1. The van der Waals surface area contributed by atoms with Gasteiger partial charge < -0.3 is 15.0 Å². The lowest BCUT2D eigenvalue weighted by atomic mass is 9.90. The number of piperidine rings is 1. The summed E-state index contributed by atoms with van der Waals surface area (Å²) < 4.78 is 41.3. The van der Waals surface area contributed by atoms with Crippen molar-refractivity contribution in [2.75, 3.05) is 18.4 Å². The second kappa shape index (κ2) is 7.55. The molecule has 1 heterocycles. The van der Waals surface area contributed by atoms with Crippen molar-refractivity contribution in [3.63, 3.8) is 0 Å². The molecule has 0 atom stereocenters. The highest BCUT2D eigenvalue weighted by molar-refractivity contribution is 5.94. The lowest BCUT2D eigenvalue weighted by molar-refractivity contribution is -0.274. The molecule has 1 N–H and O–H groups in total. The number of anilines is 1. The minimum absolute atomic E-state index is 0.0250. The molecule has 1 aliphatic heterocycles. The molecule has 2 amide bonds. The van der Waals surface area contributed by atoms with Crippen LogP contribution < -0.4 is 10.1 Å². The largest absolute Gasteiger partial charge is 0.573 e. The molecule has 0 saturated carbocycles. The maximum Gasteiger partial charge on any atom is 0.573 e. The Morgan fingerprint density at radius 2 is 1.69 bits per heavy atom. The van der Waals surface area contributed by atoms with Gasteiger partial charge in [0.15, 0.2) is 5.75 Å². The fourth-order valence-electron chi connectivity index (χ4n) is 2.84. The number of nitrogens with zero attached hydrogens (tertiary/aromatic N) is 1. The number of likely N-dealkylation sites (tertiary alicyclic amines) is 1. The van der Waals surface area contributed by atoms with E-state index in [0.717, 1.165) is 6.07 Å². The minimum atomic E-state index is -4.83. The van der Waals surface area contributed by atoms with Crippen molar-refractivity contribution >= 4 is 17.5 Å². The maximum atomic E-state index is 12.5. The van der Waals surface area contributed by atoms with Crippen molar-refractivity contribution in [3.8, 4) is 5.75 Å². The van der Waals surface area contributed by atoms with E-state index in [1.807, 2.05) is 20.8 Å². The number of para-hydroxylation sites is 2. The van der Waals surface area contributed by atoms with Crippen molar-refractivity contribution < 1.29 is 27.5 Å². The predicted octanol–water partition coefficient (Wildman–Crippen LogP) is 3.81. The van der Waals surface area contributed by atoms with Crippen LogP contribution >= 0.6 is 0 Å². The fraction of sp³-hybridized carbons (Fsp3) is 0.556. The number of carbonyl (C=O) groups excluding carboxylic acids is 2. The molecule has 1 saturated heterocycles. The first-order valence-electron chi connectivity index (χ1n) is 8.42. The minimum Gasteiger partial charge on any atom is -0.404 e. The Labute approximate surface area is 150 Å². The van der Waals surface area contributed by atoms with Crippen molar-refractivity contribution in [1.29, 1.82) is 0 Å². The molecule has 1 fully saturated rings. The summed E-state index contributed by atoms with van der Waals surface area (Å²) >= 11 is 0. The monoisotopic (exact) mass is 372 g/mol. The van der Waals surface area contributed by atoms with Gasteiger partial charge in [-0.3, -0.25) is 9.59 Å². The van der Waals surface area contributed by atoms with Gasteiger partial charge in [-0.25, -0.2) is 0 Å². The van der Waals surface area contributed by atoms with Crippen LogP contribution in [0.25, 0.3) is 0 Å². The van der Waals surface area contributed by atoms with Gasteiger partial charge in [-0.1, -0.05) is 32.9 Å². The number of amides is 2. The number of nitrogens with one attached hydrogen (secondary N) is 1. The van der Waals surface area contributed by atoms with E-state index < -0.39 is 17.5 Å². The van der Waals surface area contributed by atoms with Gasteiger partial charge in [0.25, 0.3) is 0 Å². The number of hydrogen-bond donors (Lipinski definition) is 1. The van der Waals surface area contributed by atoms with E-state index in [4.69, 9.17) is 0 Å². The number of carbonyl (C=O) groups is 2. The van der Waals surface area contributed by atoms with Crippen LogP contribution in [-0.4, -0.2) is 36.2 Å². The molecule has 8 heteroatoms. The summed E-state index contributed by atoms with van der Waals surface area (Å²) in [7, 11) is 0. The molecule has 0 radical (unpaired) electrons. The SMILES string of the molecule is CC(C)(C)C(=O)N1CCC(C(=O)Nc2ccccc2OC(F)(F)F)CC1. The van der Waals surface area contributed by atoms with Gasteiger partial charge in [-0.2, -0.15) is 0 Å². The number of alkyl halides is 3. The normalized spacial score (nSPS) is 16.3. The van der Waals surface area contributed by atoms with Crippen LogP contribution in [0, 0.1) is 11.3 Å². The molecular formula is C18H23F3N2O3. The van der Waals surface area contributed by atoms with Crippen LogP contribution in [0.2, 0.25) is 0 Å². The van der Waals surface area contributed by atoms with Crippen molar-refractivity contribution in [3.05, 3.63) is 24.3 Å². The Morgan fingerprint density at radius 3 is 2.23 bits per heavy atom. The van der Waals surface area contributed by atoms with E-state index in [1.165, 1.54) is 18.2 Å². The summed E-state index contributed by atoms with van der Waals surface area (Å²) in [6.45, 7) is 6.42. The van der Waals surface area contributed by atoms with Gasteiger partial charge in [-0.05, 0) is 25.0 Å². The molecule has 2 rings (SSSR count). The van der Waals surface area contributed by atoms with Gasteiger partial charge in [0.1, 0.15) is 0 Å². The van der Waals surface area contributed by atoms with Crippen molar-refractivity contribution in [1.82, 2.24) is 4.90 Å². The van der Waals surface area contributed by atoms with Crippen molar-refractivity contribution in [2.24, 2.45) is 11.3 Å². The summed E-state index contributed by atoms with van der Waals surface area (Å²) in [5.74, 6) is -1.15. The molecule has 144 valence electrons. The maximum absolute atomic E-state index is 12.5. The molecule has 26 heavy (non-hydrogen) atoms. The van der Waals surface area contributed by atoms with Gasteiger partial charge in [0.05, 0.1) is 5.69 Å². The average molecular weight is 372 g/mol. The first-order chi connectivity index (χ1) is 12.0. The van der Waals surface area contributed by atoms with E-state index in [0.29, 0.717) is 25.9 Å². The second-order valence-corrected chi connectivity index (χ2v) is 7.35. The molecule has 1 aromatic rings. The number of halogens is 3. The van der Waals surface area contributed by atoms with Crippen LogP contribution in [0.1, 0.15) is 33.6 Å². The number of rotatable bonds is 3. The van der Waals surface area contributed by atoms with Crippen LogP contribution in [0.3, 0.4) is 0 Å². The molecule has 0 spiro atoms. The topological polar surface area (TPSA) is 58.6 Å². The summed E-state index contributed by atoms with van der Waals surface area (Å²) in [5, 5.41) is 2.51. The number of hydrogen-bond acceptors (Lipinski definition) is 3. The third-order valence-electron chi connectivity index (χ3n) is 4.17. The second-order valence-electron chi connectivity index (χ2n) is 7.35. The van der Waals surface area contributed by atoms with E-state index in [9.17, 15) is 22.8 Å². The zero-order valence-corrected chi connectivity index (χ0v) is 15.0. The van der Waals surface area contributed by atoms with Gasteiger partial charge in [0.2, 0.25) is 11.8 Å². The summed E-state index contributed by atoms with van der Waals surface area (Å²) in [6, 6.07) is 5.42. The molecular weight excluding hydrogens is 349 g/mol. The molecule has 5 nitrogen and oxygen atoms in total. The lowest BCUT2D eigenvalue weighted by Gasteiger charge is -2.35. The summed E-state index contributed by atoms with van der Waals surface area (Å²) in [4.78, 5) is 26.4. The molecule has 1 aliphatic rings. The zero-order valence-electron chi connectivity index (χ0n) is 15.0. The van der Waals surface area contributed by atoms with Gasteiger partial charge in [-0.15, -0.1) is 13.2 Å². The summed E-state index contributed by atoms with van der Waals surface area (Å²) in [5.41, 5.74) is -0.508. The highest BCUT2D eigenvalue weighted by Crippen LogP contribution is 2.31. The Hall–Kier alpha value is -2.25. The molecule has 0 aliphatic carbocycles. The van der Waals surface area contributed by atoms with Crippen molar-refractivity contribution in [2.45, 2.75) is 40.0 Å². The van der Waals surface area contributed by atoms with Crippen LogP contribution in [-0.2, 0) is 9.59 Å². The summed E-state index contributed by atoms with van der Waals surface area (Å²) in [6.07, 6.45) is -3.90. The highest BCUT2D eigenvalue weighted by Gasteiger charge is 2.34. The van der Waals surface area contributed by atoms with Crippen LogP contribution in [0.4, 0.5) is 18.9 Å².